The molecule has 21 heavy (non-hydrogen) atoms. The number of phenols is 1. The van der Waals surface area contributed by atoms with Crippen molar-refractivity contribution in [2.24, 2.45) is 5.92 Å². The standard InChI is InChI=1S/C14H19NO5S/c1-8-4-10(3)15(7-8)21(19,20)13-6-11(14(17)18)12(16)5-9(13)2/h5-6,8,10,16H,4,7H2,1-3H3,(H,17,18). The Morgan fingerprint density at radius 1 is 1.33 bits per heavy atom. The van der Waals surface area contributed by atoms with E-state index in [1.165, 1.54) is 10.4 Å². The fourth-order valence-electron chi connectivity index (χ4n) is 2.84. The van der Waals surface area contributed by atoms with Crippen molar-refractivity contribution < 1.29 is 23.4 Å². The molecule has 1 aliphatic rings. The SMILES string of the molecule is Cc1cc(O)c(C(=O)O)cc1S(=O)(=O)N1CC(C)CC1C. The molecule has 116 valence electrons. The van der Waals surface area contributed by atoms with Gasteiger partial charge in [0.1, 0.15) is 11.3 Å². The number of nitrogens with zero attached hydrogens (tertiary/aromatic N) is 1. The van der Waals surface area contributed by atoms with Crippen molar-refractivity contribution in [3.63, 3.8) is 0 Å². The summed E-state index contributed by atoms with van der Waals surface area (Å²) in [5.74, 6) is -1.51. The number of benzene rings is 1. The first-order valence-electron chi connectivity index (χ1n) is 6.73. The lowest BCUT2D eigenvalue weighted by atomic mass is 10.1. The molecule has 1 heterocycles. The van der Waals surface area contributed by atoms with Crippen LogP contribution in [0, 0.1) is 12.8 Å². The van der Waals surface area contributed by atoms with Gasteiger partial charge in [-0.15, -0.1) is 0 Å². The molecule has 0 radical (unpaired) electrons. The van der Waals surface area contributed by atoms with E-state index in [-0.39, 0.29) is 16.9 Å². The third kappa shape index (κ3) is 2.75. The molecule has 2 unspecified atom stereocenters. The van der Waals surface area contributed by atoms with Gasteiger partial charge in [0.05, 0.1) is 4.90 Å². The number of rotatable bonds is 3. The number of aryl methyl sites for hydroxylation is 1. The van der Waals surface area contributed by atoms with Crippen molar-refractivity contribution in [3.8, 4) is 5.75 Å². The number of aromatic carboxylic acids is 1. The van der Waals surface area contributed by atoms with Crippen molar-refractivity contribution in [1.82, 2.24) is 4.31 Å². The van der Waals surface area contributed by atoms with Gasteiger partial charge in [-0.05, 0) is 43.9 Å². The summed E-state index contributed by atoms with van der Waals surface area (Å²) in [4.78, 5) is 11.0. The van der Waals surface area contributed by atoms with Crippen LogP contribution in [0.5, 0.6) is 5.75 Å². The van der Waals surface area contributed by atoms with Crippen LogP contribution in [0.15, 0.2) is 17.0 Å². The molecule has 2 rings (SSSR count). The summed E-state index contributed by atoms with van der Waals surface area (Å²) in [6, 6.07) is 2.10. The summed E-state index contributed by atoms with van der Waals surface area (Å²) in [6.45, 7) is 5.79. The molecule has 0 spiro atoms. The average molecular weight is 313 g/mol. The number of hydrogen-bond acceptors (Lipinski definition) is 4. The van der Waals surface area contributed by atoms with E-state index in [1.807, 2.05) is 13.8 Å². The molecule has 0 bridgehead atoms. The highest BCUT2D eigenvalue weighted by Crippen LogP contribution is 2.32. The van der Waals surface area contributed by atoms with E-state index in [1.54, 1.807) is 6.92 Å². The first-order chi connectivity index (χ1) is 9.64. The second-order valence-corrected chi connectivity index (χ2v) is 7.56. The monoisotopic (exact) mass is 313 g/mol. The van der Waals surface area contributed by atoms with Crippen molar-refractivity contribution in [1.29, 1.82) is 0 Å². The fraction of sp³-hybridized carbons (Fsp3) is 0.500. The Balaban J connectivity index is 2.55. The molecule has 0 amide bonds. The van der Waals surface area contributed by atoms with Crippen LogP contribution in [-0.4, -0.2) is 41.5 Å². The maximum absolute atomic E-state index is 12.7. The van der Waals surface area contributed by atoms with Crippen LogP contribution in [0.2, 0.25) is 0 Å². The van der Waals surface area contributed by atoms with Gasteiger partial charge in [-0.1, -0.05) is 6.92 Å². The molecule has 1 aliphatic heterocycles. The maximum atomic E-state index is 12.7. The van der Waals surface area contributed by atoms with Gasteiger partial charge in [0.25, 0.3) is 0 Å². The Labute approximate surface area is 124 Å². The number of carboxylic acid groups (broad SMARTS) is 1. The molecular formula is C14H19NO5S. The Morgan fingerprint density at radius 2 is 1.95 bits per heavy atom. The normalized spacial score (nSPS) is 23.4. The topological polar surface area (TPSA) is 94.9 Å². The van der Waals surface area contributed by atoms with Crippen LogP contribution in [0.1, 0.15) is 36.2 Å². The predicted molar refractivity (Wildman–Crippen MR) is 76.9 cm³/mol. The fourth-order valence-corrected chi connectivity index (χ4v) is 4.84. The summed E-state index contributed by atoms with van der Waals surface area (Å²) in [6.07, 6.45) is 0.780. The van der Waals surface area contributed by atoms with Crippen LogP contribution in [0.25, 0.3) is 0 Å². The maximum Gasteiger partial charge on any atom is 0.339 e. The lowest BCUT2D eigenvalue weighted by Crippen LogP contribution is -2.34. The molecule has 0 saturated carbocycles. The summed E-state index contributed by atoms with van der Waals surface area (Å²) in [5.41, 5.74) is -0.0664. The Kier molecular flexibility index (Phi) is 3.99. The van der Waals surface area contributed by atoms with E-state index in [0.29, 0.717) is 12.1 Å². The molecule has 0 aromatic heterocycles. The zero-order valence-electron chi connectivity index (χ0n) is 12.2. The molecule has 2 atom stereocenters. The van der Waals surface area contributed by atoms with E-state index >= 15 is 0 Å². The predicted octanol–water partition coefficient (Wildman–Crippen LogP) is 1.82. The minimum atomic E-state index is -3.77. The van der Waals surface area contributed by atoms with E-state index in [9.17, 15) is 18.3 Å². The molecule has 0 aliphatic carbocycles. The lowest BCUT2D eigenvalue weighted by Gasteiger charge is -2.22. The summed E-state index contributed by atoms with van der Waals surface area (Å²) in [7, 11) is -3.77. The minimum Gasteiger partial charge on any atom is -0.507 e. The number of sulfonamides is 1. The van der Waals surface area contributed by atoms with Gasteiger partial charge >= 0.3 is 5.97 Å². The summed E-state index contributed by atoms with van der Waals surface area (Å²) >= 11 is 0. The third-order valence-electron chi connectivity index (χ3n) is 3.84. The molecule has 1 aromatic rings. The van der Waals surface area contributed by atoms with Crippen LogP contribution in [-0.2, 0) is 10.0 Å². The van der Waals surface area contributed by atoms with Gasteiger partial charge in [0.2, 0.25) is 10.0 Å². The van der Waals surface area contributed by atoms with Gasteiger partial charge in [-0.25, -0.2) is 13.2 Å². The highest BCUT2D eigenvalue weighted by molar-refractivity contribution is 7.89. The van der Waals surface area contributed by atoms with Gasteiger partial charge < -0.3 is 10.2 Å². The van der Waals surface area contributed by atoms with E-state index in [4.69, 9.17) is 5.11 Å². The second-order valence-electron chi connectivity index (χ2n) is 5.70. The smallest absolute Gasteiger partial charge is 0.339 e. The number of carboxylic acids is 1. The van der Waals surface area contributed by atoms with Crippen LogP contribution < -0.4 is 0 Å². The molecule has 6 nitrogen and oxygen atoms in total. The van der Waals surface area contributed by atoms with E-state index in [0.717, 1.165) is 12.5 Å². The van der Waals surface area contributed by atoms with Crippen molar-refractivity contribution >= 4 is 16.0 Å². The van der Waals surface area contributed by atoms with Crippen molar-refractivity contribution in [3.05, 3.63) is 23.3 Å². The summed E-state index contributed by atoms with van der Waals surface area (Å²) in [5, 5.41) is 18.7. The molecular weight excluding hydrogens is 294 g/mol. The highest BCUT2D eigenvalue weighted by atomic mass is 32.2. The second kappa shape index (κ2) is 5.31. The van der Waals surface area contributed by atoms with Crippen molar-refractivity contribution in [2.75, 3.05) is 6.54 Å². The van der Waals surface area contributed by atoms with Gasteiger partial charge in [-0.2, -0.15) is 4.31 Å². The first kappa shape index (κ1) is 15.8. The Hall–Kier alpha value is -1.60. The van der Waals surface area contributed by atoms with Gasteiger partial charge in [0, 0.05) is 12.6 Å². The summed E-state index contributed by atoms with van der Waals surface area (Å²) < 4.78 is 26.9. The molecule has 1 aromatic carbocycles. The Morgan fingerprint density at radius 3 is 2.43 bits per heavy atom. The lowest BCUT2D eigenvalue weighted by molar-refractivity contribution is 0.0693. The zero-order valence-corrected chi connectivity index (χ0v) is 13.0. The van der Waals surface area contributed by atoms with Crippen LogP contribution >= 0.6 is 0 Å². The zero-order chi connectivity index (χ0) is 15.9. The molecule has 2 N–H and O–H groups in total. The quantitative estimate of drug-likeness (QED) is 0.887. The van der Waals surface area contributed by atoms with Crippen molar-refractivity contribution in [2.45, 2.75) is 38.1 Å². The van der Waals surface area contributed by atoms with E-state index < -0.39 is 27.3 Å². The number of aromatic hydroxyl groups is 1. The molecule has 1 fully saturated rings. The van der Waals surface area contributed by atoms with Crippen LogP contribution in [0.4, 0.5) is 0 Å². The average Bonchev–Trinajstić information content (AvgIpc) is 2.68. The number of hydrogen-bond donors (Lipinski definition) is 2. The Bertz CT molecular complexity index is 683. The largest absolute Gasteiger partial charge is 0.507 e. The molecule has 1 saturated heterocycles. The van der Waals surface area contributed by atoms with Gasteiger partial charge in [0.15, 0.2) is 0 Å². The first-order valence-corrected chi connectivity index (χ1v) is 8.17. The highest BCUT2D eigenvalue weighted by Gasteiger charge is 2.37. The van der Waals surface area contributed by atoms with Crippen LogP contribution in [0.3, 0.4) is 0 Å². The molecule has 7 heteroatoms. The minimum absolute atomic E-state index is 0.0568. The van der Waals surface area contributed by atoms with Gasteiger partial charge in [-0.3, -0.25) is 0 Å². The number of carbonyl (C=O) groups is 1. The third-order valence-corrected chi connectivity index (χ3v) is 5.96. The van der Waals surface area contributed by atoms with E-state index in [2.05, 4.69) is 0 Å².